The number of hydrogen-bond donors (Lipinski definition) is 2. The lowest BCUT2D eigenvalue weighted by atomic mass is 10.1. The lowest BCUT2D eigenvalue weighted by Crippen LogP contribution is -2.51. The van der Waals surface area contributed by atoms with Gasteiger partial charge in [-0.1, -0.05) is 30.3 Å². The minimum absolute atomic E-state index is 0.00112. The van der Waals surface area contributed by atoms with E-state index in [1.54, 1.807) is 9.80 Å². The predicted molar refractivity (Wildman–Crippen MR) is 113 cm³/mol. The smallest absolute Gasteiger partial charge is 0.410 e. The number of ether oxygens (including phenoxy) is 1. The van der Waals surface area contributed by atoms with Crippen LogP contribution < -0.4 is 10.6 Å². The molecule has 8 heteroatoms. The van der Waals surface area contributed by atoms with Gasteiger partial charge in [-0.3, -0.25) is 4.79 Å². The lowest BCUT2D eigenvalue weighted by Gasteiger charge is -2.33. The molecule has 1 aromatic rings. The maximum Gasteiger partial charge on any atom is 0.410 e. The Balaban J connectivity index is 1.39. The molecular weight excluding hydrogens is 384 g/mol. The minimum atomic E-state index is -0.515. The lowest BCUT2D eigenvalue weighted by molar-refractivity contribution is -0.128. The predicted octanol–water partition coefficient (Wildman–Crippen LogP) is 2.49. The van der Waals surface area contributed by atoms with Crippen LogP contribution in [0.5, 0.6) is 0 Å². The third-order valence-corrected chi connectivity index (χ3v) is 5.25. The summed E-state index contributed by atoms with van der Waals surface area (Å²) < 4.78 is 5.40. The fourth-order valence-electron chi connectivity index (χ4n) is 3.77. The van der Waals surface area contributed by atoms with Gasteiger partial charge in [0.2, 0.25) is 5.91 Å². The first-order chi connectivity index (χ1) is 14.2. The van der Waals surface area contributed by atoms with Crippen LogP contribution in [0.3, 0.4) is 0 Å². The molecule has 1 aromatic carbocycles. The Bertz CT molecular complexity index is 754. The average molecular weight is 417 g/mol. The van der Waals surface area contributed by atoms with Crippen LogP contribution in [0.4, 0.5) is 9.59 Å². The fraction of sp³-hybridized carbons (Fsp3) is 0.591. The molecule has 2 N–H and O–H groups in total. The van der Waals surface area contributed by atoms with E-state index in [9.17, 15) is 14.4 Å². The second kappa shape index (κ2) is 9.36. The second-order valence-electron chi connectivity index (χ2n) is 9.02. The van der Waals surface area contributed by atoms with Crippen LogP contribution in [-0.4, -0.2) is 65.2 Å². The van der Waals surface area contributed by atoms with Gasteiger partial charge in [-0.2, -0.15) is 0 Å². The van der Waals surface area contributed by atoms with Crippen LogP contribution in [0.1, 0.15) is 45.6 Å². The summed E-state index contributed by atoms with van der Waals surface area (Å²) in [4.78, 5) is 40.2. The van der Waals surface area contributed by atoms with Crippen molar-refractivity contribution in [1.82, 2.24) is 20.4 Å². The molecule has 2 saturated heterocycles. The molecule has 8 nitrogen and oxygen atoms in total. The largest absolute Gasteiger partial charge is 0.444 e. The molecule has 2 heterocycles. The van der Waals surface area contributed by atoms with Gasteiger partial charge < -0.3 is 25.2 Å². The zero-order valence-corrected chi connectivity index (χ0v) is 18.0. The van der Waals surface area contributed by atoms with Crippen molar-refractivity contribution < 1.29 is 19.1 Å². The fourth-order valence-corrected chi connectivity index (χ4v) is 3.77. The van der Waals surface area contributed by atoms with Gasteiger partial charge in [-0.05, 0) is 39.2 Å². The van der Waals surface area contributed by atoms with E-state index in [4.69, 9.17) is 4.74 Å². The van der Waals surface area contributed by atoms with Gasteiger partial charge >= 0.3 is 12.1 Å². The van der Waals surface area contributed by atoms with Crippen LogP contribution in [0.25, 0.3) is 0 Å². The number of likely N-dealkylation sites (tertiary alicyclic amines) is 2. The van der Waals surface area contributed by atoms with Crippen LogP contribution in [0.2, 0.25) is 0 Å². The van der Waals surface area contributed by atoms with Crippen LogP contribution in [0, 0.1) is 0 Å². The summed E-state index contributed by atoms with van der Waals surface area (Å²) in [6, 6.07) is 9.38. The van der Waals surface area contributed by atoms with Crippen molar-refractivity contribution in [1.29, 1.82) is 0 Å². The first-order valence-electron chi connectivity index (χ1n) is 10.6. The Kier molecular flexibility index (Phi) is 6.84. The molecular formula is C22H32N4O4. The molecule has 0 bridgehead atoms. The number of amides is 4. The number of rotatable bonds is 4. The van der Waals surface area contributed by atoms with Crippen LogP contribution in [-0.2, 0) is 16.1 Å². The van der Waals surface area contributed by atoms with E-state index in [0.29, 0.717) is 45.4 Å². The van der Waals surface area contributed by atoms with E-state index in [1.165, 1.54) is 0 Å². The third-order valence-electron chi connectivity index (χ3n) is 5.25. The summed E-state index contributed by atoms with van der Waals surface area (Å²) in [6.07, 6.45) is 1.36. The zero-order valence-electron chi connectivity index (χ0n) is 18.0. The van der Waals surface area contributed by atoms with Crippen molar-refractivity contribution in [3.05, 3.63) is 35.9 Å². The molecule has 30 heavy (non-hydrogen) atoms. The number of piperidine rings is 1. The molecule has 1 atom stereocenters. The maximum atomic E-state index is 12.4. The number of carbonyl (C=O) groups is 3. The molecule has 0 saturated carbocycles. The van der Waals surface area contributed by atoms with Gasteiger partial charge in [-0.15, -0.1) is 0 Å². The summed E-state index contributed by atoms with van der Waals surface area (Å²) in [7, 11) is 0. The number of benzene rings is 1. The molecule has 2 aliphatic heterocycles. The van der Waals surface area contributed by atoms with E-state index >= 15 is 0 Å². The van der Waals surface area contributed by atoms with Crippen molar-refractivity contribution in [2.75, 3.05) is 19.6 Å². The summed E-state index contributed by atoms with van der Waals surface area (Å²) >= 11 is 0. The first kappa shape index (κ1) is 21.9. The third kappa shape index (κ3) is 6.37. The van der Waals surface area contributed by atoms with E-state index < -0.39 is 5.60 Å². The average Bonchev–Trinajstić information content (AvgIpc) is 3.00. The highest BCUT2D eigenvalue weighted by Gasteiger charge is 2.32. The highest BCUT2D eigenvalue weighted by molar-refractivity contribution is 5.81. The standard InChI is InChI=1S/C22H32N4O4/c1-22(2,3)30-21(29)25-11-9-17(10-12-25)23-20(28)24-18-13-19(27)26(15-18)14-16-7-5-4-6-8-16/h4-8,17-18H,9-15H2,1-3H3,(H2,23,24,28). The van der Waals surface area contributed by atoms with Crippen molar-refractivity contribution >= 4 is 18.0 Å². The number of carbonyl (C=O) groups excluding carboxylic acids is 3. The SMILES string of the molecule is CC(C)(C)OC(=O)N1CCC(NC(=O)NC2CC(=O)N(Cc3ccccc3)C2)CC1. The molecule has 1 unspecified atom stereocenters. The van der Waals surface area contributed by atoms with E-state index in [0.717, 1.165) is 5.56 Å². The van der Waals surface area contributed by atoms with Gasteiger partial charge in [0, 0.05) is 38.6 Å². The van der Waals surface area contributed by atoms with E-state index in [2.05, 4.69) is 10.6 Å². The molecule has 3 rings (SSSR count). The zero-order chi connectivity index (χ0) is 21.7. The van der Waals surface area contributed by atoms with Crippen molar-refractivity contribution in [3.8, 4) is 0 Å². The summed E-state index contributed by atoms with van der Waals surface area (Å²) in [5.41, 5.74) is 0.562. The van der Waals surface area contributed by atoms with Crippen molar-refractivity contribution in [2.45, 2.75) is 64.3 Å². The molecule has 0 spiro atoms. The summed E-state index contributed by atoms with van der Waals surface area (Å²) in [6.45, 7) is 7.70. The molecule has 0 radical (unpaired) electrons. The highest BCUT2D eigenvalue weighted by atomic mass is 16.6. The summed E-state index contributed by atoms with van der Waals surface area (Å²) in [5, 5.41) is 5.89. The van der Waals surface area contributed by atoms with Gasteiger partial charge in [0.05, 0.1) is 6.04 Å². The molecule has 164 valence electrons. The van der Waals surface area contributed by atoms with Crippen LogP contribution in [0.15, 0.2) is 30.3 Å². The minimum Gasteiger partial charge on any atom is -0.444 e. The molecule has 0 aliphatic carbocycles. The Hall–Kier alpha value is -2.77. The molecule has 4 amide bonds. The van der Waals surface area contributed by atoms with E-state index in [-0.39, 0.29) is 30.1 Å². The number of hydrogen-bond acceptors (Lipinski definition) is 4. The number of nitrogens with one attached hydrogen (secondary N) is 2. The monoisotopic (exact) mass is 416 g/mol. The summed E-state index contributed by atoms with van der Waals surface area (Å²) in [5.74, 6) is 0.0508. The van der Waals surface area contributed by atoms with Crippen LogP contribution >= 0.6 is 0 Å². The normalized spacial score (nSPS) is 20.2. The molecule has 0 aromatic heterocycles. The van der Waals surface area contributed by atoms with E-state index in [1.807, 2.05) is 51.1 Å². The second-order valence-corrected chi connectivity index (χ2v) is 9.02. The van der Waals surface area contributed by atoms with Gasteiger partial charge in [0.1, 0.15) is 5.60 Å². The Morgan fingerprint density at radius 1 is 1.07 bits per heavy atom. The topological polar surface area (TPSA) is 91.0 Å². The highest BCUT2D eigenvalue weighted by Crippen LogP contribution is 2.17. The van der Waals surface area contributed by atoms with Crippen molar-refractivity contribution in [3.63, 3.8) is 0 Å². The van der Waals surface area contributed by atoms with Gasteiger partial charge in [-0.25, -0.2) is 9.59 Å². The molecule has 2 fully saturated rings. The number of urea groups is 1. The van der Waals surface area contributed by atoms with Gasteiger partial charge in [0.25, 0.3) is 0 Å². The Morgan fingerprint density at radius 3 is 2.33 bits per heavy atom. The van der Waals surface area contributed by atoms with Crippen molar-refractivity contribution in [2.24, 2.45) is 0 Å². The molecule has 2 aliphatic rings. The number of nitrogens with zero attached hydrogens (tertiary/aromatic N) is 2. The quantitative estimate of drug-likeness (QED) is 0.789. The Morgan fingerprint density at radius 2 is 1.70 bits per heavy atom. The first-order valence-corrected chi connectivity index (χ1v) is 10.6. The maximum absolute atomic E-state index is 12.4. The Labute approximate surface area is 177 Å². The van der Waals surface area contributed by atoms with Gasteiger partial charge in [0.15, 0.2) is 0 Å².